The summed E-state index contributed by atoms with van der Waals surface area (Å²) in [5, 5.41) is 5.35. The average Bonchev–Trinajstić information content (AvgIpc) is 3.17. The third kappa shape index (κ3) is 4.61. The summed E-state index contributed by atoms with van der Waals surface area (Å²) in [4.78, 5) is 38.7. The van der Waals surface area contributed by atoms with E-state index in [1.54, 1.807) is 30.2 Å². The summed E-state index contributed by atoms with van der Waals surface area (Å²) in [6, 6.07) is 15.1. The molecule has 1 heterocycles. The summed E-state index contributed by atoms with van der Waals surface area (Å²) in [5.41, 5.74) is 3.06. The summed E-state index contributed by atoms with van der Waals surface area (Å²) in [6.45, 7) is 0.908. The van der Waals surface area contributed by atoms with E-state index in [1.165, 1.54) is 11.1 Å². The molecule has 2 aromatic carbocycles. The molecule has 1 fully saturated rings. The van der Waals surface area contributed by atoms with Crippen molar-refractivity contribution in [2.24, 2.45) is 0 Å². The minimum atomic E-state index is -0.746. The molecule has 1 aliphatic carbocycles. The molecule has 0 aromatic heterocycles. The van der Waals surface area contributed by atoms with E-state index in [9.17, 15) is 14.4 Å². The maximum Gasteiger partial charge on any atom is 0.313 e. The number of amides is 3. The second-order valence-corrected chi connectivity index (χ2v) is 8.20. The average molecular weight is 421 g/mol. The first-order chi connectivity index (χ1) is 15.0. The fourth-order valence-electron chi connectivity index (χ4n) is 4.34. The Morgan fingerprint density at radius 2 is 1.77 bits per heavy atom. The summed E-state index contributed by atoms with van der Waals surface area (Å²) in [5.74, 6) is -1.38. The molecule has 0 atom stereocenters. The van der Waals surface area contributed by atoms with Gasteiger partial charge >= 0.3 is 11.8 Å². The molecule has 162 valence electrons. The number of nitrogens with zero attached hydrogens (tertiary/aromatic N) is 1. The highest BCUT2D eigenvalue weighted by molar-refractivity contribution is 6.39. The first-order valence-corrected chi connectivity index (χ1v) is 10.6. The van der Waals surface area contributed by atoms with Gasteiger partial charge in [-0.15, -0.1) is 0 Å². The fourth-order valence-corrected chi connectivity index (χ4v) is 4.34. The number of piperidine rings is 1. The molecular formula is C24H27N3O4. The third-order valence-electron chi connectivity index (χ3n) is 6.09. The highest BCUT2D eigenvalue weighted by Crippen LogP contribution is 2.32. The van der Waals surface area contributed by atoms with Crippen molar-refractivity contribution in [3.63, 3.8) is 0 Å². The number of benzene rings is 2. The molecule has 2 aromatic rings. The highest BCUT2D eigenvalue weighted by atomic mass is 16.5. The third-order valence-corrected chi connectivity index (χ3v) is 6.09. The van der Waals surface area contributed by atoms with Crippen LogP contribution in [-0.2, 0) is 32.0 Å². The van der Waals surface area contributed by atoms with Crippen LogP contribution in [0.5, 0.6) is 0 Å². The van der Waals surface area contributed by atoms with Gasteiger partial charge in [-0.05, 0) is 42.2 Å². The van der Waals surface area contributed by atoms with Gasteiger partial charge in [-0.2, -0.15) is 0 Å². The molecule has 0 bridgehead atoms. The zero-order valence-corrected chi connectivity index (χ0v) is 17.6. The molecule has 7 heteroatoms. The van der Waals surface area contributed by atoms with Crippen molar-refractivity contribution in [1.29, 1.82) is 0 Å². The van der Waals surface area contributed by atoms with Gasteiger partial charge in [0.2, 0.25) is 5.91 Å². The van der Waals surface area contributed by atoms with Gasteiger partial charge < -0.3 is 20.3 Å². The molecule has 0 spiro atoms. The molecule has 1 aliphatic heterocycles. The molecule has 3 amide bonds. The van der Waals surface area contributed by atoms with Crippen LogP contribution in [0.15, 0.2) is 48.5 Å². The van der Waals surface area contributed by atoms with Crippen LogP contribution >= 0.6 is 0 Å². The van der Waals surface area contributed by atoms with Gasteiger partial charge in [0.15, 0.2) is 0 Å². The lowest BCUT2D eigenvalue weighted by atomic mass is 10.00. The van der Waals surface area contributed by atoms with Crippen molar-refractivity contribution in [1.82, 2.24) is 5.32 Å². The Morgan fingerprint density at radius 1 is 1.03 bits per heavy atom. The second kappa shape index (κ2) is 8.89. The molecule has 7 nitrogen and oxygen atoms in total. The molecule has 2 N–H and O–H groups in total. The normalized spacial score (nSPS) is 17.2. The smallest absolute Gasteiger partial charge is 0.313 e. The summed E-state index contributed by atoms with van der Waals surface area (Å²) in [6.07, 6.45) is 3.76. The van der Waals surface area contributed by atoms with Crippen LogP contribution in [0.4, 0.5) is 11.4 Å². The number of ether oxygens (including phenoxy) is 1. The summed E-state index contributed by atoms with van der Waals surface area (Å²) < 4.78 is 5.74. The minimum Gasteiger partial charge on any atom is -0.376 e. The van der Waals surface area contributed by atoms with Gasteiger partial charge in [-0.25, -0.2) is 0 Å². The Bertz CT molecular complexity index is 979. The molecule has 4 rings (SSSR count). The van der Waals surface area contributed by atoms with Crippen molar-refractivity contribution in [2.45, 2.75) is 37.7 Å². The van der Waals surface area contributed by atoms with E-state index in [0.29, 0.717) is 31.5 Å². The van der Waals surface area contributed by atoms with Gasteiger partial charge in [-0.3, -0.25) is 14.4 Å². The van der Waals surface area contributed by atoms with E-state index < -0.39 is 17.4 Å². The van der Waals surface area contributed by atoms with Gasteiger partial charge in [0, 0.05) is 50.8 Å². The quantitative estimate of drug-likeness (QED) is 0.726. The number of hydrogen-bond acceptors (Lipinski definition) is 4. The van der Waals surface area contributed by atoms with Crippen molar-refractivity contribution in [3.05, 3.63) is 59.7 Å². The topological polar surface area (TPSA) is 87.7 Å². The lowest BCUT2D eigenvalue weighted by molar-refractivity contribution is -0.137. The maximum absolute atomic E-state index is 12.4. The molecule has 0 unspecified atom stereocenters. The Hall–Kier alpha value is -3.19. The summed E-state index contributed by atoms with van der Waals surface area (Å²) >= 11 is 0. The second-order valence-electron chi connectivity index (χ2n) is 8.20. The van der Waals surface area contributed by atoms with Crippen molar-refractivity contribution in [2.75, 3.05) is 30.4 Å². The number of carbonyl (C=O) groups excluding carboxylic acids is 3. The van der Waals surface area contributed by atoms with Gasteiger partial charge in [-0.1, -0.05) is 30.3 Å². The van der Waals surface area contributed by atoms with E-state index in [0.717, 1.165) is 18.5 Å². The van der Waals surface area contributed by atoms with Crippen molar-refractivity contribution >= 4 is 29.1 Å². The molecule has 0 radical (unpaired) electrons. The first kappa shape index (κ1) is 21.1. The van der Waals surface area contributed by atoms with E-state index in [2.05, 4.69) is 22.8 Å². The Balaban J connectivity index is 1.35. The molecule has 2 aliphatic rings. The van der Waals surface area contributed by atoms with Gasteiger partial charge in [0.25, 0.3) is 0 Å². The van der Waals surface area contributed by atoms with E-state index in [4.69, 9.17) is 4.74 Å². The number of methoxy groups -OCH3 is 1. The summed E-state index contributed by atoms with van der Waals surface area (Å²) in [7, 11) is 1.63. The largest absolute Gasteiger partial charge is 0.376 e. The van der Waals surface area contributed by atoms with Crippen molar-refractivity contribution < 1.29 is 19.1 Å². The number of carbonyl (C=O) groups is 3. The number of anilines is 2. The minimum absolute atomic E-state index is 0.0786. The Morgan fingerprint density at radius 3 is 2.45 bits per heavy atom. The molecular weight excluding hydrogens is 394 g/mol. The number of rotatable bonds is 5. The van der Waals surface area contributed by atoms with Crippen LogP contribution in [0.3, 0.4) is 0 Å². The zero-order chi connectivity index (χ0) is 21.8. The number of nitrogens with one attached hydrogen (secondary N) is 2. The van der Waals surface area contributed by atoms with Crippen molar-refractivity contribution in [3.8, 4) is 0 Å². The van der Waals surface area contributed by atoms with Crippen LogP contribution in [0.2, 0.25) is 0 Å². The maximum atomic E-state index is 12.4. The van der Waals surface area contributed by atoms with Crippen LogP contribution < -0.4 is 15.5 Å². The zero-order valence-electron chi connectivity index (χ0n) is 17.6. The molecule has 0 saturated carbocycles. The molecule has 31 heavy (non-hydrogen) atoms. The predicted octanol–water partition coefficient (Wildman–Crippen LogP) is 2.44. The van der Waals surface area contributed by atoms with Crippen LogP contribution in [0.1, 0.15) is 30.4 Å². The Labute approximate surface area is 181 Å². The predicted molar refractivity (Wildman–Crippen MR) is 118 cm³/mol. The monoisotopic (exact) mass is 421 g/mol. The van der Waals surface area contributed by atoms with E-state index >= 15 is 0 Å². The fraction of sp³-hybridized carbons (Fsp3) is 0.375. The van der Waals surface area contributed by atoms with Gasteiger partial charge in [0.05, 0.1) is 5.60 Å². The number of fused-ring (bicyclic) bond motifs is 1. The SMILES string of the molecule is COC1(CNC(=O)C(=O)Nc2cccc(N3CCCCC3=O)c2)Cc2ccccc2C1. The lowest BCUT2D eigenvalue weighted by Gasteiger charge is -2.28. The first-order valence-electron chi connectivity index (χ1n) is 10.6. The Kier molecular flexibility index (Phi) is 6.04. The van der Waals surface area contributed by atoms with E-state index in [1.807, 2.05) is 18.2 Å². The van der Waals surface area contributed by atoms with Gasteiger partial charge in [0.1, 0.15) is 0 Å². The van der Waals surface area contributed by atoms with Crippen LogP contribution in [-0.4, -0.2) is 43.5 Å². The van der Waals surface area contributed by atoms with Crippen LogP contribution in [0, 0.1) is 0 Å². The standard InChI is InChI=1S/C24H27N3O4/c1-31-24(14-17-7-2-3-8-18(17)15-24)16-25-22(29)23(30)26-19-9-6-10-20(13-19)27-12-5-4-11-21(27)28/h2-3,6-10,13H,4-5,11-12,14-16H2,1H3,(H,25,29)(H,26,30). The van der Waals surface area contributed by atoms with Crippen LogP contribution in [0.25, 0.3) is 0 Å². The highest BCUT2D eigenvalue weighted by Gasteiger charge is 2.38. The lowest BCUT2D eigenvalue weighted by Crippen LogP contribution is -2.48. The molecule has 1 saturated heterocycles. The number of hydrogen-bond donors (Lipinski definition) is 2. The van der Waals surface area contributed by atoms with E-state index in [-0.39, 0.29) is 12.5 Å².